The molecule has 0 aromatic carbocycles. The molecule has 154 valence electrons. The molecule has 8 heteroatoms. The van der Waals surface area contributed by atoms with Crippen molar-refractivity contribution in [1.82, 2.24) is 19.8 Å². The van der Waals surface area contributed by atoms with Crippen LogP contribution in [0.25, 0.3) is 5.82 Å². The Morgan fingerprint density at radius 2 is 2.17 bits per heavy atom. The number of amides is 1. The monoisotopic (exact) mass is 403 g/mol. The lowest BCUT2D eigenvalue weighted by atomic mass is 10.1. The Bertz CT molecular complexity index is 1070. The Kier molecular flexibility index (Phi) is 5.07. The predicted octanol–water partition coefficient (Wildman–Crippen LogP) is 3.36. The number of carbonyl (C=O) groups excluding carboxylic acids is 1. The van der Waals surface area contributed by atoms with Gasteiger partial charge in [0.25, 0.3) is 5.91 Å². The molecule has 0 radical (unpaired) electrons. The van der Waals surface area contributed by atoms with Crippen molar-refractivity contribution in [3.05, 3.63) is 59.7 Å². The lowest BCUT2D eigenvalue weighted by Crippen LogP contribution is -2.26. The van der Waals surface area contributed by atoms with Crippen LogP contribution in [0.3, 0.4) is 0 Å². The van der Waals surface area contributed by atoms with E-state index in [0.29, 0.717) is 29.5 Å². The van der Waals surface area contributed by atoms with Crippen molar-refractivity contribution in [2.45, 2.75) is 39.0 Å². The second kappa shape index (κ2) is 7.70. The number of pyridine rings is 1. The molecule has 1 N–H and O–H groups in total. The highest BCUT2D eigenvalue weighted by Crippen LogP contribution is 2.47. The summed E-state index contributed by atoms with van der Waals surface area (Å²) in [6.07, 6.45) is 8.73. The summed E-state index contributed by atoms with van der Waals surface area (Å²) in [4.78, 5) is 21.9. The van der Waals surface area contributed by atoms with E-state index in [1.165, 1.54) is 6.21 Å². The number of hydrazone groups is 1. The van der Waals surface area contributed by atoms with Crippen LogP contribution >= 0.6 is 0 Å². The normalized spacial score (nSPS) is 17.5. The third-order valence-electron chi connectivity index (χ3n) is 5.38. The fourth-order valence-corrected chi connectivity index (χ4v) is 3.21. The third-order valence-corrected chi connectivity index (χ3v) is 5.38. The fourth-order valence-electron chi connectivity index (χ4n) is 3.21. The Morgan fingerprint density at radius 1 is 1.37 bits per heavy atom. The molecule has 1 aliphatic carbocycles. The van der Waals surface area contributed by atoms with Crippen molar-refractivity contribution in [3.8, 4) is 5.82 Å². The topological polar surface area (TPSA) is 87.8 Å². The Balaban J connectivity index is 1.69. The van der Waals surface area contributed by atoms with E-state index in [9.17, 15) is 4.79 Å². The van der Waals surface area contributed by atoms with Crippen LogP contribution in [0.2, 0.25) is 0 Å². The molecule has 1 saturated carbocycles. The average molecular weight is 403 g/mol. The molecular weight excluding hydrogens is 378 g/mol. The molecule has 8 nitrogen and oxygen atoms in total. The van der Waals surface area contributed by atoms with Crippen LogP contribution in [-0.2, 0) is 10.2 Å². The van der Waals surface area contributed by atoms with Gasteiger partial charge in [0, 0.05) is 30.1 Å². The quantitative estimate of drug-likeness (QED) is 0.749. The average Bonchev–Trinajstić information content (AvgIpc) is 3.35. The highest BCUT2D eigenvalue weighted by atomic mass is 16.1. The third kappa shape index (κ3) is 3.80. The van der Waals surface area contributed by atoms with Gasteiger partial charge in [-0.05, 0) is 38.3 Å². The van der Waals surface area contributed by atoms with E-state index in [0.717, 1.165) is 24.1 Å². The van der Waals surface area contributed by atoms with Gasteiger partial charge in [-0.3, -0.25) is 14.8 Å². The van der Waals surface area contributed by atoms with E-state index in [2.05, 4.69) is 33.9 Å². The Hall–Kier alpha value is -3.55. The van der Waals surface area contributed by atoms with Crippen LogP contribution in [0.5, 0.6) is 0 Å². The number of nitrogens with one attached hydrogen (secondary N) is 1. The number of anilines is 1. The minimum absolute atomic E-state index is 0.0586. The Morgan fingerprint density at radius 3 is 2.80 bits per heavy atom. The van der Waals surface area contributed by atoms with Gasteiger partial charge in [0.2, 0.25) is 0 Å². The van der Waals surface area contributed by atoms with Crippen molar-refractivity contribution in [2.75, 3.05) is 11.9 Å². The van der Waals surface area contributed by atoms with Crippen molar-refractivity contribution in [3.63, 3.8) is 0 Å². The molecule has 30 heavy (non-hydrogen) atoms. The van der Waals surface area contributed by atoms with E-state index in [1.54, 1.807) is 28.3 Å². The zero-order valence-electron chi connectivity index (χ0n) is 17.5. The summed E-state index contributed by atoms with van der Waals surface area (Å²) < 4.78 is 1.69. The molecule has 2 aliphatic rings. The first-order chi connectivity index (χ1) is 14.4. The fraction of sp³-hybridized carbons (Fsp3) is 0.318. The lowest BCUT2D eigenvalue weighted by Gasteiger charge is -2.20. The zero-order valence-corrected chi connectivity index (χ0v) is 17.5. The SMILES string of the molecule is C=CN1CC(N=CC)=C(C(=O)Nc2cc(C3(C)CC3)nn2-c2ccc(C)cn2)C=N1. The summed E-state index contributed by atoms with van der Waals surface area (Å²) in [5.74, 6) is 0.942. The van der Waals surface area contributed by atoms with Gasteiger partial charge >= 0.3 is 0 Å². The maximum atomic E-state index is 13.1. The molecule has 1 amide bonds. The first-order valence-electron chi connectivity index (χ1n) is 9.93. The van der Waals surface area contributed by atoms with Crippen LogP contribution in [0, 0.1) is 6.92 Å². The minimum Gasteiger partial charge on any atom is -0.306 e. The van der Waals surface area contributed by atoms with Crippen LogP contribution < -0.4 is 5.32 Å². The number of hydrogen-bond donors (Lipinski definition) is 1. The van der Waals surface area contributed by atoms with Gasteiger partial charge in [0.05, 0.1) is 29.7 Å². The smallest absolute Gasteiger partial charge is 0.260 e. The standard InChI is InChI=1S/C22H25N7O/c1-5-23-17-14-28(6-2)25-13-16(17)21(30)26-20-11-18(22(4)9-10-22)27-29(20)19-8-7-15(3)12-24-19/h5-8,11-13H,2,9-10,14H2,1,3-4H3,(H,26,30). The number of rotatable bonds is 6. The van der Waals surface area contributed by atoms with E-state index < -0.39 is 0 Å². The van der Waals surface area contributed by atoms with Gasteiger partial charge in [-0.25, -0.2) is 4.98 Å². The van der Waals surface area contributed by atoms with Crippen molar-refractivity contribution < 1.29 is 4.79 Å². The van der Waals surface area contributed by atoms with Gasteiger partial charge in [-0.2, -0.15) is 14.9 Å². The molecule has 0 spiro atoms. The predicted molar refractivity (Wildman–Crippen MR) is 118 cm³/mol. The number of hydrogen-bond acceptors (Lipinski definition) is 6. The molecular formula is C22H25N7O. The van der Waals surface area contributed by atoms with Crippen LogP contribution in [0.15, 0.2) is 58.5 Å². The molecule has 0 atom stereocenters. The second-order valence-corrected chi connectivity index (χ2v) is 7.81. The number of aromatic nitrogens is 3. The summed E-state index contributed by atoms with van der Waals surface area (Å²) in [6, 6.07) is 5.81. The highest BCUT2D eigenvalue weighted by Gasteiger charge is 2.42. The van der Waals surface area contributed by atoms with E-state index in [4.69, 9.17) is 5.10 Å². The molecule has 3 heterocycles. The number of aliphatic imine (C=N–C) groups is 1. The summed E-state index contributed by atoms with van der Waals surface area (Å²) in [6.45, 7) is 10.1. The van der Waals surface area contributed by atoms with Crippen LogP contribution in [-0.4, -0.2) is 44.7 Å². The van der Waals surface area contributed by atoms with E-state index >= 15 is 0 Å². The lowest BCUT2D eigenvalue weighted by molar-refractivity contribution is -0.112. The molecule has 1 fully saturated rings. The molecule has 1 aliphatic heterocycles. The first kappa shape index (κ1) is 19.8. The number of nitrogens with zero attached hydrogens (tertiary/aromatic N) is 6. The molecule has 0 unspecified atom stereocenters. The summed E-state index contributed by atoms with van der Waals surface area (Å²) >= 11 is 0. The van der Waals surface area contributed by atoms with Crippen LogP contribution in [0.1, 0.15) is 37.9 Å². The number of aryl methyl sites for hydroxylation is 1. The Labute approximate surface area is 175 Å². The zero-order chi connectivity index (χ0) is 21.3. The maximum Gasteiger partial charge on any atom is 0.260 e. The van der Waals surface area contributed by atoms with Gasteiger partial charge in [-0.15, -0.1) is 0 Å². The molecule has 0 bridgehead atoms. The maximum absolute atomic E-state index is 13.1. The second-order valence-electron chi connectivity index (χ2n) is 7.81. The minimum atomic E-state index is -0.288. The van der Waals surface area contributed by atoms with Crippen molar-refractivity contribution in [1.29, 1.82) is 0 Å². The summed E-state index contributed by atoms with van der Waals surface area (Å²) in [7, 11) is 0. The largest absolute Gasteiger partial charge is 0.306 e. The molecule has 2 aromatic heterocycles. The highest BCUT2D eigenvalue weighted by molar-refractivity contribution is 6.18. The molecule has 0 saturated heterocycles. The summed E-state index contributed by atoms with van der Waals surface area (Å²) in [5, 5.41) is 13.6. The summed E-state index contributed by atoms with van der Waals surface area (Å²) in [5.41, 5.74) is 3.11. The first-order valence-corrected chi connectivity index (χ1v) is 9.93. The van der Waals surface area contributed by atoms with Gasteiger partial charge in [0.15, 0.2) is 5.82 Å². The van der Waals surface area contributed by atoms with Crippen molar-refractivity contribution in [2.24, 2.45) is 10.1 Å². The molecule has 2 aromatic rings. The van der Waals surface area contributed by atoms with E-state index in [-0.39, 0.29) is 11.3 Å². The van der Waals surface area contributed by atoms with Crippen LogP contribution in [0.4, 0.5) is 5.82 Å². The van der Waals surface area contributed by atoms with Crippen molar-refractivity contribution >= 4 is 24.2 Å². The van der Waals surface area contributed by atoms with Gasteiger partial charge in [0.1, 0.15) is 5.82 Å². The molecule has 4 rings (SSSR count). The van der Waals surface area contributed by atoms with E-state index in [1.807, 2.05) is 32.0 Å². The number of carbonyl (C=O) groups is 1. The van der Waals surface area contributed by atoms with Gasteiger partial charge < -0.3 is 5.32 Å². The van der Waals surface area contributed by atoms with Gasteiger partial charge in [-0.1, -0.05) is 19.6 Å².